The van der Waals surface area contributed by atoms with Gasteiger partial charge in [0.15, 0.2) is 17.5 Å². The molecule has 0 fully saturated rings. The molecular weight excluding hydrogens is 637 g/mol. The topological polar surface area (TPSA) is 71.7 Å². The van der Waals surface area contributed by atoms with Crippen molar-refractivity contribution in [2.75, 3.05) is 0 Å². The summed E-state index contributed by atoms with van der Waals surface area (Å²) >= 11 is 0. The number of aromatic nitrogens is 3. The lowest BCUT2D eigenvalue weighted by molar-refractivity contribution is 0.434. The molecule has 1 aromatic heterocycles. The van der Waals surface area contributed by atoms with Gasteiger partial charge in [-0.3, -0.25) is 0 Å². The van der Waals surface area contributed by atoms with Crippen LogP contribution in [0.5, 0.6) is 11.5 Å². The molecule has 52 heavy (non-hydrogen) atoms. The first-order valence-corrected chi connectivity index (χ1v) is 17.2. The van der Waals surface area contributed by atoms with E-state index in [1.165, 1.54) is 0 Å². The van der Waals surface area contributed by atoms with Crippen molar-refractivity contribution in [2.45, 2.75) is 5.41 Å². The van der Waals surface area contributed by atoms with Gasteiger partial charge in [-0.25, -0.2) is 15.0 Å². The van der Waals surface area contributed by atoms with Crippen LogP contribution in [0.4, 0.5) is 0 Å². The number of hydrogen-bond acceptors (Lipinski definition) is 5. The molecule has 1 aliphatic rings. The Bertz CT molecular complexity index is 2560. The van der Waals surface area contributed by atoms with Gasteiger partial charge in [-0.05, 0) is 40.5 Å². The van der Waals surface area contributed by atoms with Crippen LogP contribution in [-0.2, 0) is 5.41 Å². The van der Waals surface area contributed by atoms with Gasteiger partial charge in [0.1, 0.15) is 11.5 Å². The molecular formula is C47H30N4O. The lowest BCUT2D eigenvalue weighted by Gasteiger charge is -2.41. The number of nitriles is 1. The molecule has 2 heterocycles. The van der Waals surface area contributed by atoms with Crippen LogP contribution in [-0.4, -0.2) is 15.0 Å². The van der Waals surface area contributed by atoms with Crippen molar-refractivity contribution in [3.05, 3.63) is 210 Å². The monoisotopic (exact) mass is 666 g/mol. The van der Waals surface area contributed by atoms with Crippen molar-refractivity contribution < 1.29 is 4.74 Å². The van der Waals surface area contributed by atoms with Gasteiger partial charge in [-0.2, -0.15) is 5.26 Å². The van der Waals surface area contributed by atoms with Gasteiger partial charge >= 0.3 is 0 Å². The minimum absolute atomic E-state index is 0.540. The van der Waals surface area contributed by atoms with Gasteiger partial charge in [0.05, 0.1) is 17.0 Å². The second-order valence-electron chi connectivity index (χ2n) is 12.7. The van der Waals surface area contributed by atoms with Gasteiger partial charge in [0, 0.05) is 27.8 Å². The summed E-state index contributed by atoms with van der Waals surface area (Å²) < 4.78 is 6.75. The largest absolute Gasteiger partial charge is 0.457 e. The van der Waals surface area contributed by atoms with E-state index in [1.54, 1.807) is 0 Å². The first-order valence-electron chi connectivity index (χ1n) is 17.2. The first-order chi connectivity index (χ1) is 25.7. The molecule has 0 saturated heterocycles. The summed E-state index contributed by atoms with van der Waals surface area (Å²) in [6, 6.07) is 63.8. The SMILES string of the molecule is N#Cc1ccccc1-c1ccc(-c2nc(-c3ccccc3)nc(-c3ccc4c(c3)Oc3ccccc3C4(c3ccccc3)c3ccccc3)n2)cc1. The molecule has 5 nitrogen and oxygen atoms in total. The van der Waals surface area contributed by atoms with Crippen LogP contribution >= 0.6 is 0 Å². The minimum atomic E-state index is -0.614. The Hall–Kier alpha value is -7.16. The Morgan fingerprint density at radius 1 is 0.423 bits per heavy atom. The second kappa shape index (κ2) is 12.9. The van der Waals surface area contributed by atoms with E-state index in [1.807, 2.05) is 91.0 Å². The van der Waals surface area contributed by atoms with E-state index >= 15 is 0 Å². The fraction of sp³-hybridized carbons (Fsp3) is 0.0213. The number of fused-ring (bicyclic) bond motifs is 2. The van der Waals surface area contributed by atoms with E-state index in [9.17, 15) is 5.26 Å². The van der Waals surface area contributed by atoms with E-state index in [2.05, 4.69) is 97.1 Å². The Labute approximate surface area is 302 Å². The molecule has 8 aromatic rings. The average molecular weight is 667 g/mol. The molecule has 0 spiro atoms. The van der Waals surface area contributed by atoms with Crippen LogP contribution in [0.1, 0.15) is 27.8 Å². The number of para-hydroxylation sites is 1. The van der Waals surface area contributed by atoms with Crippen LogP contribution in [0.3, 0.4) is 0 Å². The standard InChI is InChI=1S/C47H30N4O/c48-31-36-16-10-11-21-39(36)32-24-26-34(27-25-32)45-49-44(33-14-4-1-5-15-33)50-46(51-45)35-28-29-41-43(30-35)52-42-23-13-12-22-40(42)47(41,37-17-6-2-7-18-37)38-19-8-3-9-20-38/h1-30H. The maximum atomic E-state index is 9.67. The molecule has 0 saturated carbocycles. The summed E-state index contributed by atoms with van der Waals surface area (Å²) in [5.41, 5.74) is 8.83. The van der Waals surface area contributed by atoms with Crippen LogP contribution in [0, 0.1) is 11.3 Å². The molecule has 5 heteroatoms. The van der Waals surface area contributed by atoms with E-state index in [0.29, 0.717) is 23.0 Å². The molecule has 0 N–H and O–H groups in total. The van der Waals surface area contributed by atoms with Crippen LogP contribution < -0.4 is 4.74 Å². The molecule has 0 atom stereocenters. The summed E-state index contributed by atoms with van der Waals surface area (Å²) in [5.74, 6) is 3.21. The number of ether oxygens (including phenoxy) is 1. The van der Waals surface area contributed by atoms with Gasteiger partial charge in [-0.1, -0.05) is 164 Å². The van der Waals surface area contributed by atoms with Crippen molar-refractivity contribution in [2.24, 2.45) is 0 Å². The number of rotatable bonds is 6. The molecule has 0 unspecified atom stereocenters. The predicted octanol–water partition coefficient (Wildman–Crippen LogP) is 10.9. The Morgan fingerprint density at radius 3 is 1.56 bits per heavy atom. The van der Waals surface area contributed by atoms with E-state index in [-0.39, 0.29) is 0 Å². The fourth-order valence-corrected chi connectivity index (χ4v) is 7.33. The zero-order valence-corrected chi connectivity index (χ0v) is 28.0. The van der Waals surface area contributed by atoms with Gasteiger partial charge < -0.3 is 4.74 Å². The van der Waals surface area contributed by atoms with Gasteiger partial charge in [0.2, 0.25) is 0 Å². The summed E-state index contributed by atoms with van der Waals surface area (Å²) in [5, 5.41) is 9.67. The molecule has 0 aliphatic carbocycles. The lowest BCUT2D eigenvalue weighted by Crippen LogP contribution is -2.34. The van der Waals surface area contributed by atoms with Crippen molar-refractivity contribution in [3.8, 4) is 62.9 Å². The summed E-state index contributed by atoms with van der Waals surface area (Å²) in [4.78, 5) is 15.0. The minimum Gasteiger partial charge on any atom is -0.457 e. The highest BCUT2D eigenvalue weighted by Gasteiger charge is 2.45. The smallest absolute Gasteiger partial charge is 0.164 e. The fourth-order valence-electron chi connectivity index (χ4n) is 7.33. The second-order valence-corrected chi connectivity index (χ2v) is 12.7. The lowest BCUT2D eigenvalue weighted by atomic mass is 9.63. The summed E-state index contributed by atoms with van der Waals surface area (Å²) in [6.07, 6.45) is 0. The maximum absolute atomic E-state index is 9.67. The van der Waals surface area contributed by atoms with Gasteiger partial charge in [-0.15, -0.1) is 0 Å². The summed E-state index contributed by atoms with van der Waals surface area (Å²) in [7, 11) is 0. The molecule has 244 valence electrons. The molecule has 0 amide bonds. The summed E-state index contributed by atoms with van der Waals surface area (Å²) in [6.45, 7) is 0. The van der Waals surface area contributed by atoms with Crippen LogP contribution in [0.2, 0.25) is 0 Å². The molecule has 1 aliphatic heterocycles. The van der Waals surface area contributed by atoms with Crippen molar-refractivity contribution in [1.29, 1.82) is 5.26 Å². The van der Waals surface area contributed by atoms with Gasteiger partial charge in [0.25, 0.3) is 0 Å². The first kappa shape index (κ1) is 30.9. The number of benzene rings is 7. The van der Waals surface area contributed by atoms with Crippen molar-refractivity contribution in [3.63, 3.8) is 0 Å². The highest BCUT2D eigenvalue weighted by molar-refractivity contribution is 5.76. The quantitative estimate of drug-likeness (QED) is 0.177. The van der Waals surface area contributed by atoms with E-state index in [0.717, 1.165) is 61.6 Å². The third kappa shape index (κ3) is 5.22. The Morgan fingerprint density at radius 2 is 0.904 bits per heavy atom. The third-order valence-corrected chi connectivity index (χ3v) is 9.74. The molecule has 0 radical (unpaired) electrons. The Kier molecular flexibility index (Phi) is 7.68. The Balaban J connectivity index is 1.21. The highest BCUT2D eigenvalue weighted by atomic mass is 16.5. The zero-order chi connectivity index (χ0) is 34.9. The predicted molar refractivity (Wildman–Crippen MR) is 205 cm³/mol. The third-order valence-electron chi connectivity index (χ3n) is 9.74. The maximum Gasteiger partial charge on any atom is 0.164 e. The normalized spacial score (nSPS) is 12.5. The molecule has 9 rings (SSSR count). The number of hydrogen-bond donors (Lipinski definition) is 0. The van der Waals surface area contributed by atoms with Crippen molar-refractivity contribution >= 4 is 0 Å². The van der Waals surface area contributed by atoms with Crippen LogP contribution in [0.25, 0.3) is 45.3 Å². The zero-order valence-electron chi connectivity index (χ0n) is 28.0. The van der Waals surface area contributed by atoms with E-state index in [4.69, 9.17) is 19.7 Å². The average Bonchev–Trinajstić information content (AvgIpc) is 3.23. The van der Waals surface area contributed by atoms with Crippen molar-refractivity contribution in [1.82, 2.24) is 15.0 Å². The van der Waals surface area contributed by atoms with E-state index < -0.39 is 5.41 Å². The highest BCUT2D eigenvalue weighted by Crippen LogP contribution is 2.55. The van der Waals surface area contributed by atoms with Crippen LogP contribution in [0.15, 0.2) is 182 Å². The molecule has 0 bridgehead atoms. The number of nitrogens with zero attached hydrogens (tertiary/aromatic N) is 4. The molecule has 7 aromatic carbocycles.